The fourth-order valence-electron chi connectivity index (χ4n) is 2.51. The molecule has 1 fully saturated rings. The Morgan fingerprint density at radius 2 is 2.04 bits per heavy atom. The summed E-state index contributed by atoms with van der Waals surface area (Å²) in [6.07, 6.45) is -0.445. The zero-order valence-electron chi connectivity index (χ0n) is 13.8. The monoisotopic (exact) mass is 328 g/mol. The van der Waals surface area contributed by atoms with Crippen molar-refractivity contribution in [2.45, 2.75) is 32.4 Å². The molecule has 7 heteroatoms. The zero-order chi connectivity index (χ0) is 17.2. The number of ether oxygens (including phenoxy) is 2. The molecule has 1 heterocycles. The molecule has 1 unspecified atom stereocenters. The van der Waals surface area contributed by atoms with Gasteiger partial charge in [0, 0.05) is 31.3 Å². The minimum atomic E-state index is -0.765. The Kier molecular flexibility index (Phi) is 5.09. The molecule has 1 N–H and O–H groups in total. The second-order valence-electron chi connectivity index (χ2n) is 6.44. The first kappa shape index (κ1) is 17.5. The molecule has 1 aromatic carbocycles. The molecule has 1 aliphatic heterocycles. The van der Waals surface area contributed by atoms with Crippen LogP contribution in [0.3, 0.4) is 0 Å². The number of hydrogen-bond acceptors (Lipinski definition) is 4. The van der Waals surface area contributed by atoms with Gasteiger partial charge in [0.05, 0.1) is 13.2 Å². The van der Waals surface area contributed by atoms with E-state index in [-0.39, 0.29) is 12.3 Å². The van der Waals surface area contributed by atoms with E-state index in [1.165, 1.54) is 18.1 Å². The maximum Gasteiger partial charge on any atom is 0.410 e. The first-order valence-electron chi connectivity index (χ1n) is 7.45. The Labute approximate surface area is 134 Å². The molecule has 0 radical (unpaired) electrons. The molecular weight excluding hydrogens is 306 g/mol. The molecule has 128 valence electrons. The van der Waals surface area contributed by atoms with Crippen LogP contribution in [0.4, 0.5) is 13.6 Å². The van der Waals surface area contributed by atoms with E-state index >= 15 is 0 Å². The smallest absolute Gasteiger partial charge is 0.410 e. The number of nitrogens with one attached hydrogen (secondary N) is 1. The summed E-state index contributed by atoms with van der Waals surface area (Å²) in [6.45, 7) is 6.56. The fraction of sp³-hybridized carbons (Fsp3) is 0.562. The molecule has 0 aromatic heterocycles. The van der Waals surface area contributed by atoms with Crippen molar-refractivity contribution in [3.8, 4) is 5.75 Å². The van der Waals surface area contributed by atoms with Crippen molar-refractivity contribution in [3.63, 3.8) is 0 Å². The van der Waals surface area contributed by atoms with Gasteiger partial charge < -0.3 is 19.7 Å². The highest BCUT2D eigenvalue weighted by Gasteiger charge is 2.30. The molecule has 1 aromatic rings. The fourth-order valence-corrected chi connectivity index (χ4v) is 2.51. The molecule has 1 aliphatic rings. The lowest BCUT2D eigenvalue weighted by atomic mass is 10.0. The van der Waals surface area contributed by atoms with Crippen molar-refractivity contribution in [1.82, 2.24) is 10.2 Å². The van der Waals surface area contributed by atoms with Gasteiger partial charge in [-0.15, -0.1) is 0 Å². The van der Waals surface area contributed by atoms with Gasteiger partial charge in [0.15, 0.2) is 11.6 Å². The van der Waals surface area contributed by atoms with Crippen molar-refractivity contribution in [1.29, 1.82) is 0 Å². The van der Waals surface area contributed by atoms with Crippen molar-refractivity contribution in [3.05, 3.63) is 29.3 Å². The summed E-state index contributed by atoms with van der Waals surface area (Å²) in [5.41, 5.74) is -0.252. The van der Waals surface area contributed by atoms with Gasteiger partial charge in [-0.05, 0) is 26.8 Å². The predicted molar refractivity (Wildman–Crippen MR) is 81.5 cm³/mol. The summed E-state index contributed by atoms with van der Waals surface area (Å²) in [4.78, 5) is 13.7. The number of halogens is 2. The summed E-state index contributed by atoms with van der Waals surface area (Å²) in [5.74, 6) is -1.47. The van der Waals surface area contributed by atoms with Crippen molar-refractivity contribution >= 4 is 6.09 Å². The molecule has 0 aliphatic carbocycles. The lowest BCUT2D eigenvalue weighted by Gasteiger charge is -2.35. The summed E-state index contributed by atoms with van der Waals surface area (Å²) < 4.78 is 37.8. The minimum absolute atomic E-state index is 0.0186. The van der Waals surface area contributed by atoms with Crippen LogP contribution in [0.15, 0.2) is 12.1 Å². The zero-order valence-corrected chi connectivity index (χ0v) is 13.8. The third-order valence-electron chi connectivity index (χ3n) is 3.44. The molecule has 5 nitrogen and oxygen atoms in total. The van der Waals surface area contributed by atoms with E-state index in [9.17, 15) is 13.6 Å². The second-order valence-corrected chi connectivity index (χ2v) is 6.44. The largest absolute Gasteiger partial charge is 0.493 e. The summed E-state index contributed by atoms with van der Waals surface area (Å²) in [6, 6.07) is 1.56. The Morgan fingerprint density at radius 1 is 1.35 bits per heavy atom. The normalized spacial score (nSPS) is 18.7. The minimum Gasteiger partial charge on any atom is -0.493 e. The van der Waals surface area contributed by atoms with Crippen molar-refractivity contribution < 1.29 is 23.0 Å². The van der Waals surface area contributed by atoms with Crippen LogP contribution in [0, 0.1) is 11.6 Å². The molecule has 1 saturated heterocycles. The van der Waals surface area contributed by atoms with Gasteiger partial charge in [-0.25, -0.2) is 13.6 Å². The lowest BCUT2D eigenvalue weighted by molar-refractivity contribution is 0.0194. The highest BCUT2D eigenvalue weighted by Crippen LogP contribution is 2.31. The number of amides is 1. The van der Waals surface area contributed by atoms with Gasteiger partial charge in [-0.3, -0.25) is 0 Å². The van der Waals surface area contributed by atoms with Gasteiger partial charge in [-0.2, -0.15) is 0 Å². The van der Waals surface area contributed by atoms with E-state index < -0.39 is 29.4 Å². The van der Waals surface area contributed by atoms with Crippen LogP contribution in [0.2, 0.25) is 0 Å². The number of piperazine rings is 1. The van der Waals surface area contributed by atoms with Crippen LogP contribution in [0.25, 0.3) is 0 Å². The van der Waals surface area contributed by atoms with Gasteiger partial charge in [0.25, 0.3) is 0 Å². The second kappa shape index (κ2) is 6.70. The summed E-state index contributed by atoms with van der Waals surface area (Å²) in [7, 11) is 1.33. The summed E-state index contributed by atoms with van der Waals surface area (Å²) >= 11 is 0. The Balaban J connectivity index is 2.20. The van der Waals surface area contributed by atoms with E-state index in [1.807, 2.05) is 0 Å². The third-order valence-corrected chi connectivity index (χ3v) is 3.44. The van der Waals surface area contributed by atoms with Gasteiger partial charge in [0.2, 0.25) is 0 Å². The predicted octanol–water partition coefficient (Wildman–Crippen LogP) is 2.85. The number of hydrogen-bond donors (Lipinski definition) is 1. The van der Waals surface area contributed by atoms with E-state index in [4.69, 9.17) is 9.47 Å². The van der Waals surface area contributed by atoms with Gasteiger partial charge in [0.1, 0.15) is 11.4 Å². The van der Waals surface area contributed by atoms with Crippen molar-refractivity contribution in [2.24, 2.45) is 0 Å². The quantitative estimate of drug-likeness (QED) is 0.907. The molecule has 1 atom stereocenters. The first-order chi connectivity index (χ1) is 10.7. The van der Waals surface area contributed by atoms with Gasteiger partial charge in [-0.1, -0.05) is 0 Å². The number of nitrogens with zero attached hydrogens (tertiary/aromatic N) is 1. The molecule has 0 saturated carbocycles. The third kappa shape index (κ3) is 4.31. The van der Waals surface area contributed by atoms with E-state index in [2.05, 4.69) is 5.32 Å². The Morgan fingerprint density at radius 3 is 2.65 bits per heavy atom. The molecule has 23 heavy (non-hydrogen) atoms. The van der Waals surface area contributed by atoms with E-state index in [1.54, 1.807) is 20.8 Å². The number of methoxy groups -OCH3 is 1. The molecule has 0 spiro atoms. The molecule has 1 amide bonds. The topological polar surface area (TPSA) is 50.8 Å². The van der Waals surface area contributed by atoms with Gasteiger partial charge >= 0.3 is 6.09 Å². The SMILES string of the molecule is COc1c(F)cc(F)cc1C1CN(C(=O)OC(C)(C)C)CCN1. The average Bonchev–Trinajstić information content (AvgIpc) is 2.45. The highest BCUT2D eigenvalue weighted by molar-refractivity contribution is 5.68. The number of carbonyl (C=O) groups is 1. The number of benzene rings is 1. The highest BCUT2D eigenvalue weighted by atomic mass is 19.1. The lowest BCUT2D eigenvalue weighted by Crippen LogP contribution is -2.49. The van der Waals surface area contributed by atoms with Crippen LogP contribution in [-0.4, -0.2) is 43.3 Å². The first-order valence-corrected chi connectivity index (χ1v) is 7.45. The number of carbonyl (C=O) groups excluding carboxylic acids is 1. The van der Waals surface area contributed by atoms with E-state index in [0.717, 1.165) is 6.07 Å². The van der Waals surface area contributed by atoms with Crippen molar-refractivity contribution in [2.75, 3.05) is 26.7 Å². The molecule has 0 bridgehead atoms. The van der Waals surface area contributed by atoms with Crippen LogP contribution in [-0.2, 0) is 4.74 Å². The standard InChI is InChI=1S/C16H22F2N2O3/c1-16(2,3)23-15(21)20-6-5-19-13(9-20)11-7-10(17)8-12(18)14(11)22-4/h7-8,13,19H,5-6,9H2,1-4H3. The van der Waals surface area contributed by atoms with E-state index in [0.29, 0.717) is 18.7 Å². The average molecular weight is 328 g/mol. The van der Waals surface area contributed by atoms with Crippen LogP contribution in [0.5, 0.6) is 5.75 Å². The van der Waals surface area contributed by atoms with Crippen LogP contribution >= 0.6 is 0 Å². The van der Waals surface area contributed by atoms with Crippen LogP contribution in [0.1, 0.15) is 32.4 Å². The Bertz CT molecular complexity index is 587. The molecule has 2 rings (SSSR count). The molecular formula is C16H22F2N2O3. The maximum atomic E-state index is 13.8. The number of rotatable bonds is 2. The Hall–Kier alpha value is -1.89. The maximum absolute atomic E-state index is 13.8. The summed E-state index contributed by atoms with van der Waals surface area (Å²) in [5, 5.41) is 3.15. The van der Waals surface area contributed by atoms with Crippen LogP contribution < -0.4 is 10.1 Å².